The minimum Gasteiger partial charge on any atom is -0.396 e. The maximum Gasteiger partial charge on any atom is 0.349 e. The molecular formula is C10H15N3O2. The van der Waals surface area contributed by atoms with Gasteiger partial charge in [-0.2, -0.15) is 4.98 Å². The molecule has 0 amide bonds. The highest BCUT2D eigenvalue weighted by molar-refractivity contribution is 5.23. The lowest BCUT2D eigenvalue weighted by atomic mass is 10.1. The van der Waals surface area contributed by atoms with E-state index in [-0.39, 0.29) is 24.2 Å². The first-order valence-corrected chi connectivity index (χ1v) is 5.16. The fraction of sp³-hybridized carbons (Fsp3) is 0.600. The molecule has 5 heteroatoms. The molecule has 0 aliphatic heterocycles. The van der Waals surface area contributed by atoms with Gasteiger partial charge < -0.3 is 10.8 Å². The van der Waals surface area contributed by atoms with Crippen molar-refractivity contribution in [1.29, 1.82) is 0 Å². The lowest BCUT2D eigenvalue weighted by Gasteiger charge is -2.12. The first-order valence-electron chi connectivity index (χ1n) is 5.16. The molecule has 1 aromatic rings. The largest absolute Gasteiger partial charge is 0.396 e. The van der Waals surface area contributed by atoms with E-state index in [1.807, 2.05) is 0 Å². The second-order valence-electron chi connectivity index (χ2n) is 4.06. The molecule has 82 valence electrons. The van der Waals surface area contributed by atoms with Crippen LogP contribution in [-0.4, -0.2) is 21.3 Å². The van der Waals surface area contributed by atoms with E-state index in [9.17, 15) is 4.79 Å². The number of nitrogen functional groups attached to an aromatic ring is 1. The Bertz CT molecular complexity index is 402. The van der Waals surface area contributed by atoms with E-state index in [1.54, 1.807) is 16.8 Å². The lowest BCUT2D eigenvalue weighted by molar-refractivity contribution is 0.226. The van der Waals surface area contributed by atoms with E-state index in [4.69, 9.17) is 10.8 Å². The van der Waals surface area contributed by atoms with Crippen molar-refractivity contribution in [3.8, 4) is 0 Å². The van der Waals surface area contributed by atoms with Crippen LogP contribution in [-0.2, 0) is 0 Å². The Morgan fingerprint density at radius 1 is 1.60 bits per heavy atom. The number of anilines is 1. The standard InChI is InChI=1S/C10H15N3O2/c11-9-3-4-13(10(15)12-9)8-2-1-7(5-8)6-14/h3-4,7-8,14H,1-2,5-6H2,(H2,11,12,15). The number of hydrogen-bond acceptors (Lipinski definition) is 4. The van der Waals surface area contributed by atoms with Gasteiger partial charge in [-0.05, 0) is 31.2 Å². The van der Waals surface area contributed by atoms with E-state index in [0.29, 0.717) is 5.92 Å². The zero-order valence-electron chi connectivity index (χ0n) is 8.47. The highest BCUT2D eigenvalue weighted by Gasteiger charge is 2.25. The predicted molar refractivity (Wildman–Crippen MR) is 56.4 cm³/mol. The van der Waals surface area contributed by atoms with Crippen molar-refractivity contribution in [3.63, 3.8) is 0 Å². The molecule has 1 aliphatic rings. The van der Waals surface area contributed by atoms with Gasteiger partial charge in [0.2, 0.25) is 0 Å². The van der Waals surface area contributed by atoms with Crippen molar-refractivity contribution < 1.29 is 5.11 Å². The number of rotatable bonds is 2. The topological polar surface area (TPSA) is 81.1 Å². The fourth-order valence-electron chi connectivity index (χ4n) is 2.17. The molecule has 1 saturated carbocycles. The van der Waals surface area contributed by atoms with Gasteiger partial charge in [0.1, 0.15) is 5.82 Å². The molecule has 2 atom stereocenters. The Kier molecular flexibility index (Phi) is 2.73. The summed E-state index contributed by atoms with van der Waals surface area (Å²) < 4.78 is 1.62. The summed E-state index contributed by atoms with van der Waals surface area (Å²) in [4.78, 5) is 15.2. The van der Waals surface area contributed by atoms with Crippen LogP contribution in [0.5, 0.6) is 0 Å². The average Bonchev–Trinajstić information content (AvgIpc) is 2.66. The summed E-state index contributed by atoms with van der Waals surface area (Å²) in [5, 5.41) is 9.02. The van der Waals surface area contributed by atoms with Crippen LogP contribution in [0.1, 0.15) is 25.3 Å². The molecule has 0 aromatic carbocycles. The maximum absolute atomic E-state index is 11.5. The molecule has 1 aliphatic carbocycles. The molecule has 1 aromatic heterocycles. The van der Waals surface area contributed by atoms with Gasteiger partial charge in [-0.25, -0.2) is 4.79 Å². The molecule has 0 spiro atoms. The maximum atomic E-state index is 11.5. The van der Waals surface area contributed by atoms with Crippen LogP contribution in [0.2, 0.25) is 0 Å². The molecule has 2 rings (SSSR count). The molecule has 1 heterocycles. The van der Waals surface area contributed by atoms with Crippen molar-refractivity contribution in [2.75, 3.05) is 12.3 Å². The SMILES string of the molecule is Nc1ccn(C2CCC(CO)C2)c(=O)n1. The molecule has 3 N–H and O–H groups in total. The summed E-state index contributed by atoms with van der Waals surface area (Å²) in [6, 6.07) is 1.80. The molecule has 0 saturated heterocycles. The zero-order valence-corrected chi connectivity index (χ0v) is 8.47. The van der Waals surface area contributed by atoms with E-state index >= 15 is 0 Å². The summed E-state index contributed by atoms with van der Waals surface area (Å²) in [5.74, 6) is 0.576. The van der Waals surface area contributed by atoms with E-state index in [0.717, 1.165) is 19.3 Å². The van der Waals surface area contributed by atoms with E-state index < -0.39 is 0 Å². The second-order valence-corrected chi connectivity index (χ2v) is 4.06. The normalized spacial score (nSPS) is 25.7. The smallest absolute Gasteiger partial charge is 0.349 e. The van der Waals surface area contributed by atoms with Gasteiger partial charge in [-0.1, -0.05) is 0 Å². The van der Waals surface area contributed by atoms with Crippen molar-refractivity contribution in [2.45, 2.75) is 25.3 Å². The van der Waals surface area contributed by atoms with Gasteiger partial charge in [-0.15, -0.1) is 0 Å². The van der Waals surface area contributed by atoms with E-state index in [2.05, 4.69) is 4.98 Å². The van der Waals surface area contributed by atoms with Gasteiger partial charge in [0.15, 0.2) is 0 Å². The minimum atomic E-state index is -0.293. The van der Waals surface area contributed by atoms with Crippen LogP contribution in [0.25, 0.3) is 0 Å². The third kappa shape index (κ3) is 2.02. The third-order valence-electron chi connectivity index (χ3n) is 3.02. The summed E-state index contributed by atoms with van der Waals surface area (Å²) >= 11 is 0. The molecule has 2 unspecified atom stereocenters. The molecule has 5 nitrogen and oxygen atoms in total. The van der Waals surface area contributed by atoms with Crippen molar-refractivity contribution >= 4 is 5.82 Å². The van der Waals surface area contributed by atoms with Gasteiger partial charge in [-0.3, -0.25) is 4.57 Å². The number of aliphatic hydroxyl groups excluding tert-OH is 1. The van der Waals surface area contributed by atoms with Crippen LogP contribution >= 0.6 is 0 Å². The van der Waals surface area contributed by atoms with Crippen molar-refractivity contribution in [1.82, 2.24) is 9.55 Å². The van der Waals surface area contributed by atoms with Crippen molar-refractivity contribution in [3.05, 3.63) is 22.7 Å². The molecule has 0 bridgehead atoms. The highest BCUT2D eigenvalue weighted by atomic mass is 16.3. The van der Waals surface area contributed by atoms with Gasteiger partial charge >= 0.3 is 5.69 Å². The summed E-state index contributed by atoms with van der Waals surface area (Å²) in [6.45, 7) is 0.202. The monoisotopic (exact) mass is 209 g/mol. The van der Waals surface area contributed by atoms with Gasteiger partial charge in [0, 0.05) is 18.8 Å². The highest BCUT2D eigenvalue weighted by Crippen LogP contribution is 2.33. The van der Waals surface area contributed by atoms with E-state index in [1.165, 1.54) is 0 Å². The number of nitrogens with zero attached hydrogens (tertiary/aromatic N) is 2. The third-order valence-corrected chi connectivity index (χ3v) is 3.02. The summed E-state index contributed by atoms with van der Waals surface area (Å²) in [6.07, 6.45) is 4.44. The molecule has 1 fully saturated rings. The van der Waals surface area contributed by atoms with Crippen LogP contribution in [0, 0.1) is 5.92 Å². The fourth-order valence-corrected chi connectivity index (χ4v) is 2.17. The quantitative estimate of drug-likeness (QED) is 0.727. The average molecular weight is 209 g/mol. The number of hydrogen-bond donors (Lipinski definition) is 2. The Labute approximate surface area is 87.6 Å². The second kappa shape index (κ2) is 4.02. The minimum absolute atomic E-state index is 0.169. The van der Waals surface area contributed by atoms with Crippen LogP contribution in [0.3, 0.4) is 0 Å². The van der Waals surface area contributed by atoms with Gasteiger partial charge in [0.25, 0.3) is 0 Å². The first kappa shape index (κ1) is 10.2. The van der Waals surface area contributed by atoms with Crippen LogP contribution < -0.4 is 11.4 Å². The summed E-state index contributed by atoms with van der Waals surface area (Å²) in [5.41, 5.74) is 5.12. The molecular weight excluding hydrogens is 194 g/mol. The first-order chi connectivity index (χ1) is 7.20. The summed E-state index contributed by atoms with van der Waals surface area (Å²) in [7, 11) is 0. The molecule has 0 radical (unpaired) electrons. The Balaban J connectivity index is 2.20. The lowest BCUT2D eigenvalue weighted by Crippen LogP contribution is -2.26. The van der Waals surface area contributed by atoms with Crippen LogP contribution in [0.15, 0.2) is 17.1 Å². The number of aromatic nitrogens is 2. The zero-order chi connectivity index (χ0) is 10.8. The predicted octanol–water partition coefficient (Wildman–Crippen LogP) is 0.159. The Hall–Kier alpha value is -1.36. The van der Waals surface area contributed by atoms with Crippen molar-refractivity contribution in [2.24, 2.45) is 5.92 Å². The molecule has 15 heavy (non-hydrogen) atoms. The van der Waals surface area contributed by atoms with Crippen LogP contribution in [0.4, 0.5) is 5.82 Å². The number of aliphatic hydroxyl groups is 1. The number of nitrogens with two attached hydrogens (primary N) is 1. The van der Waals surface area contributed by atoms with Gasteiger partial charge in [0.05, 0.1) is 0 Å². The Morgan fingerprint density at radius 2 is 2.40 bits per heavy atom. The Morgan fingerprint density at radius 3 is 3.00 bits per heavy atom.